The van der Waals surface area contributed by atoms with Crippen LogP contribution in [0.1, 0.15) is 17.9 Å². The molecule has 1 aromatic carbocycles. The standard InChI is InChI=1S/C16H17NO7S/c1-11-8-12(24-17-11)10-23-16(18)4-7-25(19,20)13-2-3-14-15(9-13)22-6-5-21-14/h2-3,8-9H,4-7,10H2,1H3. The number of carbonyl (C=O) groups excluding carboxylic acids is 1. The summed E-state index contributed by atoms with van der Waals surface area (Å²) in [5.41, 5.74) is 0.673. The van der Waals surface area contributed by atoms with Crippen molar-refractivity contribution in [1.82, 2.24) is 5.16 Å². The Labute approximate surface area is 144 Å². The number of esters is 1. The third kappa shape index (κ3) is 4.30. The molecule has 134 valence electrons. The quantitative estimate of drug-likeness (QED) is 0.710. The van der Waals surface area contributed by atoms with Crippen LogP contribution in [0.15, 0.2) is 33.7 Å². The van der Waals surface area contributed by atoms with Crippen molar-refractivity contribution in [3.05, 3.63) is 35.7 Å². The minimum Gasteiger partial charge on any atom is -0.486 e. The van der Waals surface area contributed by atoms with E-state index in [0.29, 0.717) is 36.2 Å². The summed E-state index contributed by atoms with van der Waals surface area (Å²) in [4.78, 5) is 11.8. The summed E-state index contributed by atoms with van der Waals surface area (Å²) in [6, 6.07) is 6.03. The molecular formula is C16H17NO7S. The summed E-state index contributed by atoms with van der Waals surface area (Å²) in [6.45, 7) is 2.46. The van der Waals surface area contributed by atoms with Crippen LogP contribution in [-0.2, 0) is 26.0 Å². The monoisotopic (exact) mass is 367 g/mol. The summed E-state index contributed by atoms with van der Waals surface area (Å²) in [5, 5.41) is 3.67. The fraction of sp³-hybridized carbons (Fsp3) is 0.375. The fourth-order valence-electron chi connectivity index (χ4n) is 2.26. The zero-order chi connectivity index (χ0) is 17.9. The van der Waals surface area contributed by atoms with Gasteiger partial charge in [-0.25, -0.2) is 8.42 Å². The zero-order valence-corrected chi connectivity index (χ0v) is 14.4. The summed E-state index contributed by atoms with van der Waals surface area (Å²) in [7, 11) is -3.64. The van der Waals surface area contributed by atoms with Gasteiger partial charge < -0.3 is 18.7 Å². The molecule has 1 aliphatic heterocycles. The van der Waals surface area contributed by atoms with Gasteiger partial charge in [0.05, 0.1) is 22.8 Å². The highest BCUT2D eigenvalue weighted by Crippen LogP contribution is 2.32. The fourth-order valence-corrected chi connectivity index (χ4v) is 3.49. The van der Waals surface area contributed by atoms with Gasteiger partial charge in [-0.15, -0.1) is 0 Å². The van der Waals surface area contributed by atoms with Crippen LogP contribution in [0.5, 0.6) is 11.5 Å². The minimum atomic E-state index is -3.64. The van der Waals surface area contributed by atoms with Gasteiger partial charge in [0, 0.05) is 12.1 Å². The molecule has 1 aliphatic rings. The van der Waals surface area contributed by atoms with E-state index >= 15 is 0 Å². The molecule has 25 heavy (non-hydrogen) atoms. The number of nitrogens with zero attached hydrogens (tertiary/aromatic N) is 1. The van der Waals surface area contributed by atoms with E-state index in [-0.39, 0.29) is 23.7 Å². The molecule has 8 nitrogen and oxygen atoms in total. The summed E-state index contributed by atoms with van der Waals surface area (Å²) < 4.78 is 45.4. The van der Waals surface area contributed by atoms with E-state index in [4.69, 9.17) is 18.7 Å². The van der Waals surface area contributed by atoms with E-state index in [2.05, 4.69) is 5.16 Å². The van der Waals surface area contributed by atoms with Crippen molar-refractivity contribution in [3.8, 4) is 11.5 Å². The van der Waals surface area contributed by atoms with Crippen LogP contribution in [0.4, 0.5) is 0 Å². The number of aryl methyl sites for hydroxylation is 1. The molecule has 0 amide bonds. The Kier molecular flexibility index (Phi) is 4.93. The van der Waals surface area contributed by atoms with Gasteiger partial charge in [-0.1, -0.05) is 5.16 Å². The van der Waals surface area contributed by atoms with Crippen LogP contribution in [0.25, 0.3) is 0 Å². The van der Waals surface area contributed by atoms with Gasteiger partial charge in [0.2, 0.25) is 0 Å². The predicted octanol–water partition coefficient (Wildman–Crippen LogP) is 1.66. The average Bonchev–Trinajstić information content (AvgIpc) is 3.03. The van der Waals surface area contributed by atoms with E-state index < -0.39 is 15.8 Å². The highest BCUT2D eigenvalue weighted by Gasteiger charge is 2.21. The Balaban J connectivity index is 1.57. The minimum absolute atomic E-state index is 0.0791. The lowest BCUT2D eigenvalue weighted by atomic mass is 10.3. The predicted molar refractivity (Wildman–Crippen MR) is 85.1 cm³/mol. The van der Waals surface area contributed by atoms with Crippen molar-refractivity contribution in [3.63, 3.8) is 0 Å². The lowest BCUT2D eigenvalue weighted by Crippen LogP contribution is -2.17. The lowest BCUT2D eigenvalue weighted by Gasteiger charge is -2.18. The molecule has 0 saturated heterocycles. The molecule has 0 bridgehead atoms. The van der Waals surface area contributed by atoms with Crippen LogP contribution < -0.4 is 9.47 Å². The summed E-state index contributed by atoms with van der Waals surface area (Å²) >= 11 is 0. The first-order valence-corrected chi connectivity index (χ1v) is 9.29. The van der Waals surface area contributed by atoms with E-state index in [1.54, 1.807) is 19.1 Å². The number of carbonyl (C=O) groups is 1. The van der Waals surface area contributed by atoms with Gasteiger partial charge in [0.25, 0.3) is 0 Å². The number of aromatic nitrogens is 1. The van der Waals surface area contributed by atoms with Crippen molar-refractivity contribution >= 4 is 15.8 Å². The van der Waals surface area contributed by atoms with E-state index in [0.717, 1.165) is 0 Å². The Morgan fingerprint density at radius 2 is 1.96 bits per heavy atom. The molecule has 3 rings (SSSR count). The topological polar surface area (TPSA) is 105 Å². The molecule has 1 aromatic heterocycles. The smallest absolute Gasteiger partial charge is 0.307 e. The molecule has 0 spiro atoms. The Morgan fingerprint density at radius 3 is 2.68 bits per heavy atom. The van der Waals surface area contributed by atoms with Crippen molar-refractivity contribution < 1.29 is 31.9 Å². The number of hydrogen-bond donors (Lipinski definition) is 0. The van der Waals surface area contributed by atoms with Gasteiger partial charge in [0.15, 0.2) is 33.7 Å². The maximum atomic E-state index is 12.4. The Morgan fingerprint density at radius 1 is 1.20 bits per heavy atom. The number of sulfone groups is 1. The first-order chi connectivity index (χ1) is 11.9. The van der Waals surface area contributed by atoms with Crippen LogP contribution >= 0.6 is 0 Å². The molecule has 0 atom stereocenters. The van der Waals surface area contributed by atoms with Crippen LogP contribution in [0.2, 0.25) is 0 Å². The Bertz CT molecular complexity index is 872. The van der Waals surface area contributed by atoms with Crippen molar-refractivity contribution in [2.24, 2.45) is 0 Å². The third-order valence-corrected chi connectivity index (χ3v) is 5.21. The molecule has 9 heteroatoms. The van der Waals surface area contributed by atoms with Gasteiger partial charge in [-0.2, -0.15) is 0 Å². The highest BCUT2D eigenvalue weighted by molar-refractivity contribution is 7.91. The van der Waals surface area contributed by atoms with Crippen molar-refractivity contribution in [1.29, 1.82) is 0 Å². The molecule has 2 heterocycles. The Hall–Kier alpha value is -2.55. The molecule has 0 aliphatic carbocycles. The number of hydrogen-bond acceptors (Lipinski definition) is 8. The molecule has 0 saturated carbocycles. The SMILES string of the molecule is Cc1cc(COC(=O)CCS(=O)(=O)c2ccc3c(c2)OCCO3)on1. The zero-order valence-electron chi connectivity index (χ0n) is 13.6. The number of ether oxygens (including phenoxy) is 3. The van der Waals surface area contributed by atoms with Gasteiger partial charge in [-0.3, -0.25) is 4.79 Å². The van der Waals surface area contributed by atoms with Gasteiger partial charge in [0.1, 0.15) is 13.2 Å². The van der Waals surface area contributed by atoms with E-state index in [9.17, 15) is 13.2 Å². The van der Waals surface area contributed by atoms with Crippen molar-refractivity contribution in [2.75, 3.05) is 19.0 Å². The van der Waals surface area contributed by atoms with Crippen LogP contribution in [0, 0.1) is 6.92 Å². The van der Waals surface area contributed by atoms with Crippen LogP contribution in [-0.4, -0.2) is 38.5 Å². The average molecular weight is 367 g/mol. The van der Waals surface area contributed by atoms with Gasteiger partial charge >= 0.3 is 5.97 Å². The molecule has 0 radical (unpaired) electrons. The maximum Gasteiger partial charge on any atom is 0.307 e. The first-order valence-electron chi connectivity index (χ1n) is 7.64. The maximum absolute atomic E-state index is 12.4. The van der Waals surface area contributed by atoms with E-state index in [1.807, 2.05) is 0 Å². The van der Waals surface area contributed by atoms with Crippen LogP contribution in [0.3, 0.4) is 0 Å². The second-order valence-electron chi connectivity index (χ2n) is 5.47. The largest absolute Gasteiger partial charge is 0.486 e. The normalized spacial score (nSPS) is 13.5. The number of benzene rings is 1. The molecule has 2 aromatic rings. The highest BCUT2D eigenvalue weighted by atomic mass is 32.2. The molecule has 0 N–H and O–H groups in total. The molecule has 0 fully saturated rings. The number of rotatable bonds is 6. The second kappa shape index (κ2) is 7.14. The second-order valence-corrected chi connectivity index (χ2v) is 7.58. The summed E-state index contributed by atoms with van der Waals surface area (Å²) in [6.07, 6.45) is -0.260. The number of fused-ring (bicyclic) bond motifs is 1. The molecular weight excluding hydrogens is 350 g/mol. The summed E-state index contributed by atoms with van der Waals surface area (Å²) in [5.74, 6) is 0.305. The third-order valence-electron chi connectivity index (χ3n) is 3.50. The first kappa shape index (κ1) is 17.3. The van der Waals surface area contributed by atoms with Gasteiger partial charge in [-0.05, 0) is 19.1 Å². The lowest BCUT2D eigenvalue weighted by molar-refractivity contribution is -0.145. The molecule has 0 unspecified atom stereocenters. The van der Waals surface area contributed by atoms with E-state index in [1.165, 1.54) is 12.1 Å². The van der Waals surface area contributed by atoms with Crippen molar-refractivity contribution in [2.45, 2.75) is 24.8 Å².